The predicted molar refractivity (Wildman–Crippen MR) is 112 cm³/mol. The van der Waals surface area contributed by atoms with Gasteiger partial charge in [-0.05, 0) is 35.5 Å². The van der Waals surface area contributed by atoms with Crippen LogP contribution in [0.1, 0.15) is 17.0 Å². The van der Waals surface area contributed by atoms with Crippen LogP contribution in [0.2, 0.25) is 0 Å². The molecule has 0 aliphatic rings. The van der Waals surface area contributed by atoms with Gasteiger partial charge in [-0.25, -0.2) is 0 Å². The summed E-state index contributed by atoms with van der Waals surface area (Å²) in [6.45, 7) is 0.703. The Morgan fingerprint density at radius 2 is 1.38 bits per heavy atom. The SMILES string of the molecule is COc1ccccc1NC(=S)NCC(c1ccccc1)c1ccccc1. The maximum atomic E-state index is 5.48. The first-order chi connectivity index (χ1) is 12.8. The van der Waals surface area contributed by atoms with Gasteiger partial charge in [-0.15, -0.1) is 0 Å². The second kappa shape index (κ2) is 9.02. The summed E-state index contributed by atoms with van der Waals surface area (Å²) in [6, 6.07) is 28.7. The van der Waals surface area contributed by atoms with E-state index in [2.05, 4.69) is 59.2 Å². The molecule has 3 nitrogen and oxygen atoms in total. The molecule has 3 aromatic rings. The molecular formula is C22H22N2OS. The smallest absolute Gasteiger partial charge is 0.170 e. The van der Waals surface area contributed by atoms with Crippen molar-refractivity contribution < 1.29 is 4.74 Å². The van der Waals surface area contributed by atoms with Crippen molar-refractivity contribution >= 4 is 23.0 Å². The number of para-hydroxylation sites is 2. The zero-order valence-electron chi connectivity index (χ0n) is 14.7. The first-order valence-electron chi connectivity index (χ1n) is 8.55. The monoisotopic (exact) mass is 362 g/mol. The fourth-order valence-corrected chi connectivity index (χ4v) is 3.10. The number of benzene rings is 3. The number of rotatable bonds is 6. The van der Waals surface area contributed by atoms with E-state index in [4.69, 9.17) is 17.0 Å². The lowest BCUT2D eigenvalue weighted by Gasteiger charge is -2.20. The Kier molecular flexibility index (Phi) is 6.23. The van der Waals surface area contributed by atoms with Gasteiger partial charge in [0.2, 0.25) is 0 Å². The first kappa shape index (κ1) is 18.0. The zero-order chi connectivity index (χ0) is 18.2. The fraction of sp³-hybridized carbons (Fsp3) is 0.136. The van der Waals surface area contributed by atoms with Gasteiger partial charge in [0, 0.05) is 12.5 Å². The van der Waals surface area contributed by atoms with Crippen LogP contribution in [0.15, 0.2) is 84.9 Å². The highest BCUT2D eigenvalue weighted by Gasteiger charge is 2.14. The number of thiocarbonyl (C=S) groups is 1. The van der Waals surface area contributed by atoms with E-state index in [0.717, 1.165) is 11.4 Å². The molecule has 0 atom stereocenters. The Bertz CT molecular complexity index is 798. The minimum atomic E-state index is 0.217. The molecule has 4 heteroatoms. The van der Waals surface area contributed by atoms with Crippen molar-refractivity contribution in [1.29, 1.82) is 0 Å². The van der Waals surface area contributed by atoms with E-state index in [9.17, 15) is 0 Å². The molecule has 0 heterocycles. The van der Waals surface area contributed by atoms with E-state index >= 15 is 0 Å². The standard InChI is InChI=1S/C22H22N2OS/c1-25-21-15-9-8-14-20(21)24-22(26)23-16-19(17-10-4-2-5-11-17)18-12-6-3-7-13-18/h2-15,19H,16H2,1H3,(H2,23,24,26). The molecule has 2 N–H and O–H groups in total. The van der Waals surface area contributed by atoms with Crippen LogP contribution in [-0.2, 0) is 0 Å². The van der Waals surface area contributed by atoms with Crippen LogP contribution >= 0.6 is 12.2 Å². The zero-order valence-corrected chi connectivity index (χ0v) is 15.5. The molecule has 0 fully saturated rings. The minimum Gasteiger partial charge on any atom is -0.495 e. The van der Waals surface area contributed by atoms with E-state index in [1.807, 2.05) is 36.4 Å². The van der Waals surface area contributed by atoms with Crippen LogP contribution in [0.3, 0.4) is 0 Å². The van der Waals surface area contributed by atoms with E-state index in [1.165, 1.54) is 11.1 Å². The highest BCUT2D eigenvalue weighted by atomic mass is 32.1. The van der Waals surface area contributed by atoms with Gasteiger partial charge in [0.15, 0.2) is 5.11 Å². The molecule has 132 valence electrons. The molecule has 0 saturated heterocycles. The molecule has 0 aliphatic heterocycles. The Hall–Kier alpha value is -2.85. The highest BCUT2D eigenvalue weighted by molar-refractivity contribution is 7.80. The van der Waals surface area contributed by atoms with Crippen molar-refractivity contribution in [2.24, 2.45) is 0 Å². The quantitative estimate of drug-likeness (QED) is 0.616. The largest absolute Gasteiger partial charge is 0.495 e. The summed E-state index contributed by atoms with van der Waals surface area (Å²) >= 11 is 5.48. The average Bonchev–Trinajstić information content (AvgIpc) is 2.70. The van der Waals surface area contributed by atoms with Crippen LogP contribution < -0.4 is 15.4 Å². The van der Waals surface area contributed by atoms with Crippen molar-refractivity contribution in [1.82, 2.24) is 5.32 Å². The van der Waals surface area contributed by atoms with Crippen LogP contribution in [0, 0.1) is 0 Å². The predicted octanol–water partition coefficient (Wildman–Crippen LogP) is 4.81. The second-order valence-electron chi connectivity index (χ2n) is 5.91. The summed E-state index contributed by atoms with van der Waals surface area (Å²) < 4.78 is 5.36. The average molecular weight is 362 g/mol. The van der Waals surface area contributed by atoms with Crippen LogP contribution in [0.25, 0.3) is 0 Å². The maximum Gasteiger partial charge on any atom is 0.170 e. The molecule has 0 saturated carbocycles. The molecule has 0 unspecified atom stereocenters. The molecule has 0 radical (unpaired) electrons. The third-order valence-electron chi connectivity index (χ3n) is 4.23. The van der Waals surface area contributed by atoms with Gasteiger partial charge in [-0.3, -0.25) is 0 Å². The third-order valence-corrected chi connectivity index (χ3v) is 4.47. The summed E-state index contributed by atoms with van der Waals surface area (Å²) in [4.78, 5) is 0. The van der Waals surface area contributed by atoms with Gasteiger partial charge in [-0.1, -0.05) is 72.8 Å². The summed E-state index contributed by atoms with van der Waals surface area (Å²) in [5, 5.41) is 7.13. The van der Waals surface area contributed by atoms with E-state index < -0.39 is 0 Å². The maximum absolute atomic E-state index is 5.48. The second-order valence-corrected chi connectivity index (χ2v) is 6.32. The van der Waals surface area contributed by atoms with Crippen molar-refractivity contribution in [3.8, 4) is 5.75 Å². The summed E-state index contributed by atoms with van der Waals surface area (Å²) in [6.07, 6.45) is 0. The molecule has 0 bridgehead atoms. The van der Waals surface area contributed by atoms with Crippen LogP contribution in [-0.4, -0.2) is 18.8 Å². The number of nitrogens with one attached hydrogen (secondary N) is 2. The summed E-state index contributed by atoms with van der Waals surface area (Å²) in [7, 11) is 1.65. The van der Waals surface area contributed by atoms with E-state index in [-0.39, 0.29) is 5.92 Å². The Morgan fingerprint density at radius 3 is 1.96 bits per heavy atom. The van der Waals surface area contributed by atoms with Gasteiger partial charge >= 0.3 is 0 Å². The molecule has 0 spiro atoms. The van der Waals surface area contributed by atoms with E-state index in [1.54, 1.807) is 7.11 Å². The lowest BCUT2D eigenvalue weighted by atomic mass is 9.91. The molecule has 3 aromatic carbocycles. The number of anilines is 1. The Labute approximate surface area is 160 Å². The van der Waals surface area contributed by atoms with Crippen molar-refractivity contribution in [3.05, 3.63) is 96.1 Å². The lowest BCUT2D eigenvalue weighted by Crippen LogP contribution is -2.32. The molecule has 0 aliphatic carbocycles. The Morgan fingerprint density at radius 1 is 0.846 bits per heavy atom. The van der Waals surface area contributed by atoms with E-state index in [0.29, 0.717) is 11.7 Å². The van der Waals surface area contributed by atoms with Gasteiger partial charge in [-0.2, -0.15) is 0 Å². The first-order valence-corrected chi connectivity index (χ1v) is 8.96. The lowest BCUT2D eigenvalue weighted by molar-refractivity contribution is 0.417. The van der Waals surface area contributed by atoms with Gasteiger partial charge in [0.05, 0.1) is 12.8 Å². The van der Waals surface area contributed by atoms with Crippen molar-refractivity contribution in [3.63, 3.8) is 0 Å². The normalized spacial score (nSPS) is 10.4. The molecular weight excluding hydrogens is 340 g/mol. The molecule has 0 amide bonds. The highest BCUT2D eigenvalue weighted by Crippen LogP contribution is 2.25. The van der Waals surface area contributed by atoms with Gasteiger partial charge in [0.1, 0.15) is 5.75 Å². The van der Waals surface area contributed by atoms with Gasteiger partial charge < -0.3 is 15.4 Å². The molecule has 3 rings (SSSR count). The summed E-state index contributed by atoms with van der Waals surface area (Å²) in [5.41, 5.74) is 3.36. The minimum absolute atomic E-state index is 0.217. The number of ether oxygens (including phenoxy) is 1. The Balaban J connectivity index is 1.71. The van der Waals surface area contributed by atoms with Crippen LogP contribution in [0.5, 0.6) is 5.75 Å². The van der Waals surface area contributed by atoms with Crippen molar-refractivity contribution in [2.75, 3.05) is 19.0 Å². The summed E-state index contributed by atoms with van der Waals surface area (Å²) in [5.74, 6) is 0.981. The van der Waals surface area contributed by atoms with Gasteiger partial charge in [0.25, 0.3) is 0 Å². The van der Waals surface area contributed by atoms with Crippen molar-refractivity contribution in [2.45, 2.75) is 5.92 Å². The number of methoxy groups -OCH3 is 1. The number of hydrogen-bond acceptors (Lipinski definition) is 2. The number of hydrogen-bond donors (Lipinski definition) is 2. The van der Waals surface area contributed by atoms with Crippen LogP contribution in [0.4, 0.5) is 5.69 Å². The molecule has 0 aromatic heterocycles. The third kappa shape index (κ3) is 4.61. The topological polar surface area (TPSA) is 33.3 Å². The molecule has 26 heavy (non-hydrogen) atoms. The fourth-order valence-electron chi connectivity index (χ4n) is 2.91.